The van der Waals surface area contributed by atoms with Gasteiger partial charge in [0.05, 0.1) is 24.0 Å². The summed E-state index contributed by atoms with van der Waals surface area (Å²) in [6.45, 7) is 1.61. The van der Waals surface area contributed by atoms with E-state index in [1.54, 1.807) is 60.7 Å². The Morgan fingerprint density at radius 2 is 1.74 bits per heavy atom. The lowest BCUT2D eigenvalue weighted by molar-refractivity contribution is -0.136. The van der Waals surface area contributed by atoms with Gasteiger partial charge >= 0.3 is 11.8 Å². The van der Waals surface area contributed by atoms with Crippen LogP contribution in [0.25, 0.3) is 0 Å². The molecule has 10 heteroatoms. The van der Waals surface area contributed by atoms with Crippen molar-refractivity contribution in [2.24, 2.45) is 5.10 Å². The second kappa shape index (κ2) is 12.2. The fourth-order valence-corrected chi connectivity index (χ4v) is 3.09. The van der Waals surface area contributed by atoms with E-state index in [1.807, 2.05) is 13.0 Å². The highest BCUT2D eigenvalue weighted by Gasteiger charge is 2.13. The SMILES string of the molecule is COc1cc(/C=N\NC(=O)C(=O)Nc2cccc(C)c2)ccc1OCC(=O)Nc1ccccc1Cl. The molecule has 180 valence electrons. The molecule has 3 amide bonds. The number of hydrogen-bond donors (Lipinski definition) is 3. The minimum Gasteiger partial charge on any atom is -0.493 e. The molecule has 0 atom stereocenters. The number of nitrogens with zero attached hydrogens (tertiary/aromatic N) is 1. The molecular weight excluding hydrogens is 472 g/mol. The van der Waals surface area contributed by atoms with Crippen LogP contribution in [0.4, 0.5) is 11.4 Å². The minimum absolute atomic E-state index is 0.263. The van der Waals surface area contributed by atoms with Crippen LogP contribution in [0, 0.1) is 6.92 Å². The van der Waals surface area contributed by atoms with E-state index in [0.717, 1.165) is 5.56 Å². The summed E-state index contributed by atoms with van der Waals surface area (Å²) in [4.78, 5) is 36.1. The predicted molar refractivity (Wildman–Crippen MR) is 134 cm³/mol. The van der Waals surface area contributed by atoms with Crippen molar-refractivity contribution >= 4 is 46.9 Å². The summed E-state index contributed by atoms with van der Waals surface area (Å²) in [7, 11) is 1.45. The third-order valence-electron chi connectivity index (χ3n) is 4.56. The van der Waals surface area contributed by atoms with Gasteiger partial charge in [0.25, 0.3) is 5.91 Å². The van der Waals surface area contributed by atoms with Gasteiger partial charge in [-0.15, -0.1) is 0 Å². The molecule has 0 aliphatic carbocycles. The van der Waals surface area contributed by atoms with Crippen LogP contribution in [0.3, 0.4) is 0 Å². The molecule has 0 bridgehead atoms. The van der Waals surface area contributed by atoms with Crippen molar-refractivity contribution in [3.05, 3.63) is 82.9 Å². The maximum atomic E-state index is 12.2. The van der Waals surface area contributed by atoms with Crippen LogP contribution in [0.15, 0.2) is 71.8 Å². The first kappa shape index (κ1) is 25.3. The average molecular weight is 495 g/mol. The molecule has 3 aromatic carbocycles. The van der Waals surface area contributed by atoms with E-state index in [-0.39, 0.29) is 6.61 Å². The molecule has 0 spiro atoms. The van der Waals surface area contributed by atoms with E-state index in [9.17, 15) is 14.4 Å². The van der Waals surface area contributed by atoms with Crippen LogP contribution < -0.4 is 25.5 Å². The summed E-state index contributed by atoms with van der Waals surface area (Å²) < 4.78 is 10.9. The molecule has 0 saturated heterocycles. The molecule has 0 radical (unpaired) electrons. The first-order valence-corrected chi connectivity index (χ1v) is 10.8. The van der Waals surface area contributed by atoms with Gasteiger partial charge in [-0.2, -0.15) is 5.10 Å². The predicted octanol–water partition coefficient (Wildman–Crippen LogP) is 3.76. The molecule has 3 rings (SSSR count). The lowest BCUT2D eigenvalue weighted by atomic mass is 10.2. The van der Waals surface area contributed by atoms with Gasteiger partial charge in [0.15, 0.2) is 18.1 Å². The largest absolute Gasteiger partial charge is 0.493 e. The normalized spacial score (nSPS) is 10.5. The van der Waals surface area contributed by atoms with Crippen molar-refractivity contribution in [3.63, 3.8) is 0 Å². The Morgan fingerprint density at radius 3 is 2.49 bits per heavy atom. The quantitative estimate of drug-likeness (QED) is 0.250. The van der Waals surface area contributed by atoms with Gasteiger partial charge in [0, 0.05) is 5.69 Å². The Balaban J connectivity index is 1.53. The highest BCUT2D eigenvalue weighted by molar-refractivity contribution is 6.39. The Labute approximate surface area is 207 Å². The number of anilines is 2. The maximum absolute atomic E-state index is 12.2. The molecule has 0 saturated carbocycles. The maximum Gasteiger partial charge on any atom is 0.329 e. The molecule has 0 unspecified atom stereocenters. The molecule has 3 aromatic rings. The number of carbonyl (C=O) groups is 3. The summed E-state index contributed by atoms with van der Waals surface area (Å²) in [6, 6.07) is 18.8. The number of aryl methyl sites for hydroxylation is 1. The second-order valence-corrected chi connectivity index (χ2v) is 7.66. The van der Waals surface area contributed by atoms with Gasteiger partial charge in [-0.05, 0) is 60.5 Å². The lowest BCUT2D eigenvalue weighted by Crippen LogP contribution is -2.32. The average Bonchev–Trinajstić information content (AvgIpc) is 2.84. The molecule has 0 aliphatic heterocycles. The Hall–Kier alpha value is -4.37. The molecule has 0 aliphatic rings. The van der Waals surface area contributed by atoms with E-state index in [2.05, 4.69) is 21.2 Å². The van der Waals surface area contributed by atoms with Crippen molar-refractivity contribution in [1.82, 2.24) is 5.43 Å². The number of amides is 3. The zero-order valence-corrected chi connectivity index (χ0v) is 19.8. The van der Waals surface area contributed by atoms with E-state index in [1.165, 1.54) is 13.3 Å². The van der Waals surface area contributed by atoms with Crippen LogP contribution in [-0.2, 0) is 14.4 Å². The summed E-state index contributed by atoms with van der Waals surface area (Å²) >= 11 is 6.03. The third kappa shape index (κ3) is 7.58. The summed E-state index contributed by atoms with van der Waals surface area (Å²) in [5.74, 6) is -1.47. The first-order valence-electron chi connectivity index (χ1n) is 10.4. The highest BCUT2D eigenvalue weighted by Crippen LogP contribution is 2.28. The summed E-state index contributed by atoms with van der Waals surface area (Å²) in [5.41, 5.74) is 4.67. The second-order valence-electron chi connectivity index (χ2n) is 7.25. The number of hydrazone groups is 1. The standard InChI is InChI=1S/C25H23ClN4O5/c1-16-6-5-7-18(12-16)28-24(32)25(33)30-27-14-17-10-11-21(22(13-17)34-2)35-15-23(31)29-20-9-4-3-8-19(20)26/h3-14H,15H2,1-2H3,(H,28,32)(H,29,31)(H,30,33)/b27-14-. The van der Waals surface area contributed by atoms with Crippen LogP contribution in [0.5, 0.6) is 11.5 Å². The van der Waals surface area contributed by atoms with Crippen molar-refractivity contribution in [1.29, 1.82) is 0 Å². The Bertz CT molecular complexity index is 1260. The summed E-state index contributed by atoms with van der Waals surface area (Å²) in [6.07, 6.45) is 1.34. The Morgan fingerprint density at radius 1 is 0.943 bits per heavy atom. The fourth-order valence-electron chi connectivity index (χ4n) is 2.90. The van der Waals surface area contributed by atoms with E-state index in [0.29, 0.717) is 33.5 Å². The van der Waals surface area contributed by atoms with Crippen LogP contribution in [-0.4, -0.2) is 37.7 Å². The lowest BCUT2D eigenvalue weighted by Gasteiger charge is -2.12. The van der Waals surface area contributed by atoms with Gasteiger partial charge in [-0.25, -0.2) is 5.43 Å². The monoisotopic (exact) mass is 494 g/mol. The topological polar surface area (TPSA) is 118 Å². The van der Waals surface area contributed by atoms with Crippen molar-refractivity contribution in [2.75, 3.05) is 24.4 Å². The fraction of sp³-hybridized carbons (Fsp3) is 0.120. The number of nitrogens with one attached hydrogen (secondary N) is 3. The molecule has 3 N–H and O–H groups in total. The molecule has 0 aromatic heterocycles. The van der Waals surface area contributed by atoms with Gasteiger partial charge in [-0.3, -0.25) is 14.4 Å². The minimum atomic E-state index is -0.917. The zero-order chi connectivity index (χ0) is 25.2. The smallest absolute Gasteiger partial charge is 0.329 e. The van der Waals surface area contributed by atoms with Gasteiger partial charge in [0.1, 0.15) is 0 Å². The van der Waals surface area contributed by atoms with E-state index in [4.69, 9.17) is 21.1 Å². The highest BCUT2D eigenvalue weighted by atomic mass is 35.5. The van der Waals surface area contributed by atoms with Crippen molar-refractivity contribution < 1.29 is 23.9 Å². The van der Waals surface area contributed by atoms with Crippen LogP contribution in [0.1, 0.15) is 11.1 Å². The Kier molecular flexibility index (Phi) is 8.80. The molecule has 0 heterocycles. The molecule has 0 fully saturated rings. The van der Waals surface area contributed by atoms with E-state index < -0.39 is 17.7 Å². The summed E-state index contributed by atoms with van der Waals surface area (Å²) in [5, 5.41) is 9.38. The van der Waals surface area contributed by atoms with Crippen molar-refractivity contribution in [3.8, 4) is 11.5 Å². The number of carbonyl (C=O) groups excluding carboxylic acids is 3. The number of para-hydroxylation sites is 1. The number of rotatable bonds is 8. The van der Waals surface area contributed by atoms with E-state index >= 15 is 0 Å². The number of methoxy groups -OCH3 is 1. The molecule has 35 heavy (non-hydrogen) atoms. The molecular formula is C25H23ClN4O5. The first-order chi connectivity index (χ1) is 16.9. The van der Waals surface area contributed by atoms with Gasteiger partial charge in [-0.1, -0.05) is 35.9 Å². The molecule has 9 nitrogen and oxygen atoms in total. The number of benzene rings is 3. The van der Waals surface area contributed by atoms with Crippen LogP contribution >= 0.6 is 11.6 Å². The number of halogens is 1. The van der Waals surface area contributed by atoms with Crippen LogP contribution in [0.2, 0.25) is 5.02 Å². The third-order valence-corrected chi connectivity index (χ3v) is 4.89. The number of ether oxygens (including phenoxy) is 2. The van der Waals surface area contributed by atoms with Gasteiger partial charge in [0.2, 0.25) is 0 Å². The van der Waals surface area contributed by atoms with Crippen molar-refractivity contribution in [2.45, 2.75) is 6.92 Å². The van der Waals surface area contributed by atoms with Gasteiger partial charge < -0.3 is 20.1 Å². The zero-order valence-electron chi connectivity index (χ0n) is 19.0. The number of hydrogen-bond acceptors (Lipinski definition) is 6.